The molecule has 0 fully saturated rings. The number of aromatic amines is 1. The number of carbonyl (C=O) groups is 2. The van der Waals surface area contributed by atoms with Crippen molar-refractivity contribution in [2.24, 2.45) is 11.5 Å². The highest BCUT2D eigenvalue weighted by Gasteiger charge is 2.33. The van der Waals surface area contributed by atoms with E-state index in [2.05, 4.69) is 49.4 Å². The fourth-order valence-electron chi connectivity index (χ4n) is 7.15. The molecule has 8 N–H and O–H groups in total. The summed E-state index contributed by atoms with van der Waals surface area (Å²) in [7, 11) is 0. The molecule has 1 unspecified atom stereocenters. The lowest BCUT2D eigenvalue weighted by molar-refractivity contribution is 0.0165. The van der Waals surface area contributed by atoms with Crippen LogP contribution in [-0.4, -0.2) is 77.6 Å². The second kappa shape index (κ2) is 17.1. The summed E-state index contributed by atoms with van der Waals surface area (Å²) in [5.74, 6) is -0.541. The summed E-state index contributed by atoms with van der Waals surface area (Å²) in [4.78, 5) is 33.5. The predicted octanol–water partition coefficient (Wildman–Crippen LogP) is 4.04. The van der Waals surface area contributed by atoms with Crippen molar-refractivity contribution in [3.63, 3.8) is 0 Å². The van der Waals surface area contributed by atoms with E-state index >= 15 is 0 Å². The standard InChI is InChI=1S/C41H45N7O6/c42-12-16-53-18-20-54-19-17-52-15-11-29-30(40(43)50)9-13-45-36(29)25-48-14-10-27-6-5-26(21-37(27)48)23-44-24-35-38(32-3-1-2-4-34(32)46-35)39-33-22-28(49)7-8-31(33)41(51)47-39/h1-10,13-14,21-22,39,44,46,49H,11-12,15-20,23-25,42H2,(H2,43,50)(H,47,51). The number of hydrogen-bond donors (Lipinski definition) is 6. The molecule has 4 heterocycles. The summed E-state index contributed by atoms with van der Waals surface area (Å²) in [6.45, 7) is 4.74. The Balaban J connectivity index is 1.03. The van der Waals surface area contributed by atoms with Gasteiger partial charge in [-0.25, -0.2) is 0 Å². The molecule has 6 aromatic rings. The van der Waals surface area contributed by atoms with E-state index in [4.69, 9.17) is 25.7 Å². The molecule has 13 nitrogen and oxygen atoms in total. The molecule has 280 valence electrons. The molecule has 3 aromatic carbocycles. The molecule has 0 bridgehead atoms. The lowest BCUT2D eigenvalue weighted by atomic mass is 9.95. The number of aromatic nitrogens is 3. The van der Waals surface area contributed by atoms with Crippen LogP contribution in [0.3, 0.4) is 0 Å². The number of benzene rings is 3. The number of phenols is 1. The Morgan fingerprint density at radius 2 is 1.72 bits per heavy atom. The van der Waals surface area contributed by atoms with Gasteiger partial charge in [0.15, 0.2) is 0 Å². The van der Waals surface area contributed by atoms with Crippen molar-refractivity contribution in [2.75, 3.05) is 46.2 Å². The Bertz CT molecular complexity index is 2260. The molecular formula is C41H45N7O6. The number of hydrogen-bond acceptors (Lipinski definition) is 9. The van der Waals surface area contributed by atoms with Gasteiger partial charge in [-0.15, -0.1) is 0 Å². The molecule has 0 radical (unpaired) electrons. The quantitative estimate of drug-likeness (QED) is 0.0668. The molecular weight excluding hydrogens is 686 g/mol. The number of fused-ring (bicyclic) bond motifs is 3. The van der Waals surface area contributed by atoms with Gasteiger partial charge in [-0.1, -0.05) is 30.3 Å². The van der Waals surface area contributed by atoms with E-state index in [0.29, 0.717) is 83.4 Å². The summed E-state index contributed by atoms with van der Waals surface area (Å²) >= 11 is 0. The molecule has 0 spiro atoms. The van der Waals surface area contributed by atoms with E-state index in [1.807, 2.05) is 30.5 Å². The summed E-state index contributed by atoms with van der Waals surface area (Å²) in [5, 5.41) is 19.1. The van der Waals surface area contributed by atoms with Crippen LogP contribution in [0.2, 0.25) is 0 Å². The van der Waals surface area contributed by atoms with Gasteiger partial charge in [0.05, 0.1) is 57.9 Å². The van der Waals surface area contributed by atoms with Crippen LogP contribution in [0.1, 0.15) is 60.4 Å². The summed E-state index contributed by atoms with van der Waals surface area (Å²) in [6, 6.07) is 22.6. The van der Waals surface area contributed by atoms with Crippen LogP contribution in [0.5, 0.6) is 5.75 Å². The van der Waals surface area contributed by atoms with Crippen molar-refractivity contribution in [1.29, 1.82) is 0 Å². The zero-order chi connectivity index (χ0) is 37.4. The number of para-hydroxylation sites is 1. The topological polar surface area (TPSA) is 192 Å². The van der Waals surface area contributed by atoms with Crippen LogP contribution in [0.25, 0.3) is 21.8 Å². The van der Waals surface area contributed by atoms with E-state index < -0.39 is 11.9 Å². The van der Waals surface area contributed by atoms with Gasteiger partial charge in [0.1, 0.15) is 5.75 Å². The highest BCUT2D eigenvalue weighted by Crippen LogP contribution is 2.38. The molecule has 1 atom stereocenters. The van der Waals surface area contributed by atoms with Gasteiger partial charge < -0.3 is 51.0 Å². The largest absolute Gasteiger partial charge is 0.508 e. The second-order valence-corrected chi connectivity index (χ2v) is 13.2. The van der Waals surface area contributed by atoms with Gasteiger partial charge in [-0.05, 0) is 71.0 Å². The monoisotopic (exact) mass is 731 g/mol. The third-order valence-corrected chi connectivity index (χ3v) is 9.69. The van der Waals surface area contributed by atoms with E-state index in [-0.39, 0.29) is 11.7 Å². The average molecular weight is 732 g/mol. The van der Waals surface area contributed by atoms with Crippen molar-refractivity contribution in [3.8, 4) is 5.75 Å². The summed E-state index contributed by atoms with van der Waals surface area (Å²) < 4.78 is 18.8. The normalized spacial score (nSPS) is 13.9. The van der Waals surface area contributed by atoms with Crippen molar-refractivity contribution >= 4 is 33.6 Å². The molecule has 2 amide bonds. The molecule has 1 aliphatic heterocycles. The minimum Gasteiger partial charge on any atom is -0.508 e. The molecule has 13 heteroatoms. The number of amides is 2. The first-order valence-electron chi connectivity index (χ1n) is 18.1. The molecule has 7 rings (SSSR count). The highest BCUT2D eigenvalue weighted by molar-refractivity contribution is 6.01. The minimum atomic E-state index is -0.504. The first-order chi connectivity index (χ1) is 26.4. The SMILES string of the molecule is NCCOCCOCCOCCc1c(C(N)=O)ccnc1Cn1ccc2ccc(CNCc3[nH]c4ccccc4c3C3NC(=O)c4ccc(O)cc43)cc21. The van der Waals surface area contributed by atoms with Crippen molar-refractivity contribution in [3.05, 3.63) is 130 Å². The smallest absolute Gasteiger partial charge is 0.252 e. The Hall–Kier alpha value is -5.57. The number of rotatable bonds is 19. The third kappa shape index (κ3) is 8.15. The van der Waals surface area contributed by atoms with Gasteiger partial charge in [0.2, 0.25) is 5.91 Å². The lowest BCUT2D eigenvalue weighted by Gasteiger charge is -2.15. The van der Waals surface area contributed by atoms with E-state index in [9.17, 15) is 14.7 Å². The van der Waals surface area contributed by atoms with Crippen LogP contribution in [0, 0.1) is 0 Å². The van der Waals surface area contributed by atoms with Crippen LogP contribution < -0.4 is 22.1 Å². The highest BCUT2D eigenvalue weighted by atomic mass is 16.5. The van der Waals surface area contributed by atoms with E-state index in [1.54, 1.807) is 30.5 Å². The molecule has 0 saturated carbocycles. The Morgan fingerprint density at radius 3 is 2.54 bits per heavy atom. The number of ether oxygens (including phenoxy) is 3. The van der Waals surface area contributed by atoms with Crippen LogP contribution in [0.15, 0.2) is 85.2 Å². The molecule has 3 aromatic heterocycles. The number of nitrogens with one attached hydrogen (secondary N) is 3. The average Bonchev–Trinajstić information content (AvgIpc) is 3.84. The Kier molecular flexibility index (Phi) is 11.6. The first kappa shape index (κ1) is 36.8. The molecule has 1 aliphatic rings. The maximum atomic E-state index is 12.9. The number of nitrogens with zero attached hydrogens (tertiary/aromatic N) is 2. The first-order valence-corrected chi connectivity index (χ1v) is 18.1. The van der Waals surface area contributed by atoms with Gasteiger partial charge in [-0.3, -0.25) is 14.6 Å². The Morgan fingerprint density at radius 1 is 0.926 bits per heavy atom. The molecule has 54 heavy (non-hydrogen) atoms. The van der Waals surface area contributed by atoms with Gasteiger partial charge in [-0.2, -0.15) is 0 Å². The van der Waals surface area contributed by atoms with Crippen LogP contribution >= 0.6 is 0 Å². The number of carbonyl (C=O) groups excluding carboxylic acids is 2. The summed E-state index contributed by atoms with van der Waals surface area (Å²) in [5.41, 5.74) is 19.5. The molecule has 0 saturated heterocycles. The number of H-pyrrole nitrogens is 1. The number of pyridine rings is 1. The maximum Gasteiger partial charge on any atom is 0.252 e. The number of phenolic OH excluding ortho intramolecular Hbond substituents is 1. The second-order valence-electron chi connectivity index (χ2n) is 13.2. The zero-order valence-corrected chi connectivity index (χ0v) is 30.0. The van der Waals surface area contributed by atoms with E-state index in [0.717, 1.165) is 55.4 Å². The van der Waals surface area contributed by atoms with Gasteiger partial charge >= 0.3 is 0 Å². The summed E-state index contributed by atoms with van der Waals surface area (Å²) in [6.07, 6.45) is 4.12. The predicted molar refractivity (Wildman–Crippen MR) is 205 cm³/mol. The van der Waals surface area contributed by atoms with Crippen LogP contribution in [-0.2, 0) is 40.3 Å². The minimum absolute atomic E-state index is 0.120. The van der Waals surface area contributed by atoms with Crippen LogP contribution in [0.4, 0.5) is 0 Å². The van der Waals surface area contributed by atoms with Gasteiger partial charge in [0.25, 0.3) is 5.91 Å². The Labute approximate surface area is 312 Å². The van der Waals surface area contributed by atoms with Crippen molar-refractivity contribution < 1.29 is 28.9 Å². The fourth-order valence-corrected chi connectivity index (χ4v) is 7.15. The fraction of sp³-hybridized carbons (Fsp3) is 0.293. The van der Waals surface area contributed by atoms with Gasteiger partial charge in [0, 0.05) is 70.8 Å². The lowest BCUT2D eigenvalue weighted by Crippen LogP contribution is -2.22. The van der Waals surface area contributed by atoms with Crippen molar-refractivity contribution in [1.82, 2.24) is 25.2 Å². The third-order valence-electron chi connectivity index (χ3n) is 9.69. The molecule has 0 aliphatic carbocycles. The number of aromatic hydroxyl groups is 1. The van der Waals surface area contributed by atoms with Crippen molar-refractivity contribution in [2.45, 2.75) is 32.1 Å². The zero-order valence-electron chi connectivity index (χ0n) is 30.0. The van der Waals surface area contributed by atoms with E-state index in [1.165, 1.54) is 0 Å². The number of primary amides is 1. The number of nitrogens with two attached hydrogens (primary N) is 2. The maximum absolute atomic E-state index is 12.9.